The molecule has 0 aliphatic heterocycles. The summed E-state index contributed by atoms with van der Waals surface area (Å²) in [5.74, 6) is 1.12. The molecule has 3 atom stereocenters. The number of carbonyl (C=O) groups is 1. The van der Waals surface area contributed by atoms with Gasteiger partial charge in [-0.05, 0) is 48.1 Å². The van der Waals surface area contributed by atoms with Crippen molar-refractivity contribution < 1.29 is 9.21 Å². The molecule has 4 nitrogen and oxygen atoms in total. The van der Waals surface area contributed by atoms with Gasteiger partial charge in [-0.1, -0.05) is 32.9 Å². The van der Waals surface area contributed by atoms with Crippen LogP contribution in [0.1, 0.15) is 45.9 Å². The van der Waals surface area contributed by atoms with E-state index >= 15 is 0 Å². The van der Waals surface area contributed by atoms with E-state index in [4.69, 9.17) is 4.42 Å². The third-order valence-corrected chi connectivity index (χ3v) is 6.80. The Kier molecular flexibility index (Phi) is 3.34. The zero-order chi connectivity index (χ0) is 16.9. The predicted octanol–water partition coefficient (Wildman–Crippen LogP) is 4.17. The van der Waals surface area contributed by atoms with Crippen LogP contribution in [0.3, 0.4) is 0 Å². The Balaban J connectivity index is 1.46. The highest BCUT2D eigenvalue weighted by molar-refractivity contribution is 5.91. The van der Waals surface area contributed by atoms with E-state index in [9.17, 15) is 4.79 Å². The molecule has 2 aliphatic carbocycles. The molecule has 1 aromatic heterocycles. The molecule has 4 heteroatoms. The summed E-state index contributed by atoms with van der Waals surface area (Å²) in [6, 6.07) is 7.85. The lowest BCUT2D eigenvalue weighted by Gasteiger charge is -2.39. The summed E-state index contributed by atoms with van der Waals surface area (Å²) in [6.07, 6.45) is 6.76. The third kappa shape index (κ3) is 2.20. The van der Waals surface area contributed by atoms with Crippen LogP contribution in [0, 0.1) is 16.7 Å². The molecule has 24 heavy (non-hydrogen) atoms. The monoisotopic (exact) mass is 324 g/mol. The van der Waals surface area contributed by atoms with Gasteiger partial charge in [0.05, 0.1) is 0 Å². The van der Waals surface area contributed by atoms with Gasteiger partial charge < -0.3 is 9.73 Å². The number of benzene rings is 1. The van der Waals surface area contributed by atoms with E-state index in [0.29, 0.717) is 17.2 Å². The maximum atomic E-state index is 12.3. The number of hydrogen-bond donors (Lipinski definition) is 1. The van der Waals surface area contributed by atoms with Crippen molar-refractivity contribution in [1.82, 2.24) is 10.3 Å². The smallest absolute Gasteiger partial charge is 0.244 e. The zero-order valence-corrected chi connectivity index (χ0v) is 14.5. The Bertz CT molecular complexity index is 787. The Morgan fingerprint density at radius 3 is 2.79 bits per heavy atom. The van der Waals surface area contributed by atoms with Crippen LogP contribution in [-0.4, -0.2) is 16.9 Å². The molecule has 0 saturated heterocycles. The first kappa shape index (κ1) is 15.4. The highest BCUT2D eigenvalue weighted by atomic mass is 16.3. The second-order valence-corrected chi connectivity index (χ2v) is 8.02. The molecular formula is C20H24N2O2. The Labute approximate surface area is 142 Å². The van der Waals surface area contributed by atoms with Crippen molar-refractivity contribution in [2.75, 3.05) is 0 Å². The number of oxazole rings is 1. The molecule has 0 spiro atoms. The molecule has 1 N–H and O–H groups in total. The zero-order valence-electron chi connectivity index (χ0n) is 14.5. The number of aromatic nitrogens is 1. The van der Waals surface area contributed by atoms with Gasteiger partial charge in [0.15, 0.2) is 5.58 Å². The van der Waals surface area contributed by atoms with Crippen molar-refractivity contribution in [3.63, 3.8) is 0 Å². The maximum absolute atomic E-state index is 12.3. The van der Waals surface area contributed by atoms with Gasteiger partial charge in [-0.2, -0.15) is 0 Å². The number of rotatable bonds is 3. The highest BCUT2D eigenvalue weighted by Gasteiger charge is 2.61. The van der Waals surface area contributed by atoms with Crippen LogP contribution < -0.4 is 5.32 Å². The van der Waals surface area contributed by atoms with Crippen molar-refractivity contribution in [2.24, 2.45) is 16.7 Å². The van der Waals surface area contributed by atoms with Crippen LogP contribution >= 0.6 is 0 Å². The van der Waals surface area contributed by atoms with Gasteiger partial charge in [-0.25, -0.2) is 4.98 Å². The van der Waals surface area contributed by atoms with E-state index < -0.39 is 0 Å². The number of fused-ring (bicyclic) bond motifs is 3. The highest BCUT2D eigenvalue weighted by Crippen LogP contribution is 2.65. The first-order chi connectivity index (χ1) is 11.4. The van der Waals surface area contributed by atoms with Gasteiger partial charge in [-0.3, -0.25) is 4.79 Å². The fourth-order valence-electron chi connectivity index (χ4n) is 4.75. The van der Waals surface area contributed by atoms with E-state index in [1.165, 1.54) is 18.9 Å². The van der Waals surface area contributed by atoms with Crippen molar-refractivity contribution in [3.05, 3.63) is 36.2 Å². The predicted molar refractivity (Wildman–Crippen MR) is 94.2 cm³/mol. The summed E-state index contributed by atoms with van der Waals surface area (Å²) < 4.78 is 5.61. The lowest BCUT2D eigenvalue weighted by atomic mass is 9.69. The van der Waals surface area contributed by atoms with Gasteiger partial charge in [0.1, 0.15) is 5.52 Å². The molecule has 2 aromatic rings. The van der Waals surface area contributed by atoms with Crippen LogP contribution in [0.2, 0.25) is 0 Å². The minimum atomic E-state index is -0.0631. The van der Waals surface area contributed by atoms with Crippen molar-refractivity contribution in [2.45, 2.75) is 46.1 Å². The average Bonchev–Trinajstić information content (AvgIpc) is 3.11. The molecule has 2 bridgehead atoms. The molecule has 0 radical (unpaired) electrons. The molecule has 4 rings (SSSR count). The fraction of sp³-hybridized carbons (Fsp3) is 0.500. The fourth-order valence-corrected chi connectivity index (χ4v) is 4.75. The molecule has 1 heterocycles. The second kappa shape index (κ2) is 5.20. The molecule has 3 unspecified atom stereocenters. The molecule has 1 amide bonds. The average molecular weight is 324 g/mol. The molecule has 2 saturated carbocycles. The topological polar surface area (TPSA) is 55.1 Å². The molecule has 1 aromatic carbocycles. The van der Waals surface area contributed by atoms with Crippen LogP contribution in [0.25, 0.3) is 17.2 Å². The Hall–Kier alpha value is -2.10. The standard InChI is InChI=1S/C20H24N2O2/c1-19(2)13-10-11-20(19,3)16(12-13)22-17(23)8-9-18-21-14-6-4-5-7-15(14)24-18/h4-9,13,16H,10-12H2,1-3H3,(H,22,23). The number of para-hydroxylation sites is 2. The normalized spacial score (nSPS) is 31.1. The molecule has 126 valence electrons. The van der Waals surface area contributed by atoms with E-state index in [1.807, 2.05) is 24.3 Å². The van der Waals surface area contributed by atoms with Gasteiger partial charge in [-0.15, -0.1) is 0 Å². The van der Waals surface area contributed by atoms with E-state index in [2.05, 4.69) is 31.1 Å². The molecule has 2 aliphatic rings. The lowest BCUT2D eigenvalue weighted by molar-refractivity contribution is -0.118. The van der Waals surface area contributed by atoms with Crippen LogP contribution in [0.5, 0.6) is 0 Å². The van der Waals surface area contributed by atoms with Gasteiger partial charge in [0, 0.05) is 18.2 Å². The Morgan fingerprint density at radius 1 is 1.33 bits per heavy atom. The summed E-state index contributed by atoms with van der Waals surface area (Å²) in [4.78, 5) is 16.7. The SMILES string of the molecule is CC1(C)C2CCC1(C)C(NC(=O)C=Cc1nc3ccccc3o1)C2. The van der Waals surface area contributed by atoms with Gasteiger partial charge >= 0.3 is 0 Å². The van der Waals surface area contributed by atoms with E-state index in [1.54, 1.807) is 6.08 Å². The quantitative estimate of drug-likeness (QED) is 0.862. The summed E-state index contributed by atoms with van der Waals surface area (Å²) in [7, 11) is 0. The summed E-state index contributed by atoms with van der Waals surface area (Å²) >= 11 is 0. The van der Waals surface area contributed by atoms with Crippen molar-refractivity contribution >= 4 is 23.1 Å². The number of nitrogens with zero attached hydrogens (tertiary/aromatic N) is 1. The van der Waals surface area contributed by atoms with Gasteiger partial charge in [0.25, 0.3) is 0 Å². The third-order valence-electron chi connectivity index (χ3n) is 6.80. The first-order valence-electron chi connectivity index (χ1n) is 8.74. The largest absolute Gasteiger partial charge is 0.437 e. The van der Waals surface area contributed by atoms with Crippen LogP contribution in [0.4, 0.5) is 0 Å². The summed E-state index contributed by atoms with van der Waals surface area (Å²) in [6.45, 7) is 7.03. The first-order valence-corrected chi connectivity index (χ1v) is 8.74. The molecule has 2 fully saturated rings. The molecular weight excluding hydrogens is 300 g/mol. The number of nitrogens with one attached hydrogen (secondary N) is 1. The van der Waals surface area contributed by atoms with E-state index in [-0.39, 0.29) is 17.4 Å². The van der Waals surface area contributed by atoms with Gasteiger partial charge in [0.2, 0.25) is 11.8 Å². The number of amides is 1. The lowest BCUT2D eigenvalue weighted by Crippen LogP contribution is -2.46. The minimum Gasteiger partial charge on any atom is -0.437 e. The number of carbonyl (C=O) groups excluding carboxylic acids is 1. The van der Waals surface area contributed by atoms with Crippen LogP contribution in [0.15, 0.2) is 34.8 Å². The Morgan fingerprint density at radius 2 is 2.12 bits per heavy atom. The van der Waals surface area contributed by atoms with Crippen molar-refractivity contribution in [3.8, 4) is 0 Å². The maximum Gasteiger partial charge on any atom is 0.244 e. The van der Waals surface area contributed by atoms with E-state index in [0.717, 1.165) is 17.5 Å². The van der Waals surface area contributed by atoms with Crippen molar-refractivity contribution in [1.29, 1.82) is 0 Å². The minimum absolute atomic E-state index is 0.0631. The summed E-state index contributed by atoms with van der Waals surface area (Å²) in [5.41, 5.74) is 2.04. The second-order valence-electron chi connectivity index (χ2n) is 8.02. The summed E-state index contributed by atoms with van der Waals surface area (Å²) in [5, 5.41) is 3.22. The number of hydrogen-bond acceptors (Lipinski definition) is 3. The van der Waals surface area contributed by atoms with Crippen LogP contribution in [-0.2, 0) is 4.79 Å².